The quantitative estimate of drug-likeness (QED) is 0.237. The summed E-state index contributed by atoms with van der Waals surface area (Å²) in [5.41, 5.74) is 0. The summed E-state index contributed by atoms with van der Waals surface area (Å²) >= 11 is 1.08. The first kappa shape index (κ1) is 9.31. The molecule has 1 aliphatic heterocycles. The van der Waals surface area contributed by atoms with Crippen molar-refractivity contribution in [2.75, 3.05) is 11.2 Å². The number of thioether (sulfide) groups is 1. The van der Waals surface area contributed by atoms with Crippen molar-refractivity contribution in [3.8, 4) is 0 Å². The van der Waals surface area contributed by atoms with E-state index in [1.165, 1.54) is 14.9 Å². The zero-order valence-corrected chi connectivity index (χ0v) is 9.31. The number of alkyl halides is 1. The van der Waals surface area contributed by atoms with E-state index in [0.29, 0.717) is 6.42 Å². The molecule has 1 saturated heterocycles. The molecule has 1 fully saturated rings. The van der Waals surface area contributed by atoms with Crippen LogP contribution in [-0.2, 0) is 9.59 Å². The molecule has 1 heterocycles. The van der Waals surface area contributed by atoms with Crippen molar-refractivity contribution in [2.24, 2.45) is 0 Å². The minimum absolute atomic E-state index is 0.0182. The van der Waals surface area contributed by atoms with Gasteiger partial charge < -0.3 is 0 Å². The number of halogens is 1. The summed E-state index contributed by atoms with van der Waals surface area (Å²) < 4.78 is 1.43. The Hall–Kier alpha value is 0.220. The molecule has 0 N–H and O–H groups in total. The molecule has 1 unspecified atom stereocenters. The van der Waals surface area contributed by atoms with Crippen molar-refractivity contribution in [3.63, 3.8) is 0 Å². The number of amides is 2. The van der Waals surface area contributed by atoms with E-state index in [2.05, 4.69) is 0 Å². The molecule has 0 aromatic rings. The first-order chi connectivity index (χ1) is 5.20. The van der Waals surface area contributed by atoms with Gasteiger partial charge in [-0.15, -0.1) is 0 Å². The van der Waals surface area contributed by atoms with E-state index in [1.807, 2.05) is 11.2 Å². The number of rotatable bonds is 2. The van der Waals surface area contributed by atoms with E-state index in [1.54, 1.807) is 0 Å². The van der Waals surface area contributed by atoms with Crippen LogP contribution in [0.1, 0.15) is 6.42 Å². The summed E-state index contributed by atoms with van der Waals surface area (Å²) in [5, 5.41) is -0.0952. The molecule has 11 heavy (non-hydrogen) atoms. The predicted octanol–water partition coefficient (Wildman–Crippen LogP) is -2.89. The van der Waals surface area contributed by atoms with Crippen LogP contribution in [0.3, 0.4) is 0 Å². The van der Waals surface area contributed by atoms with E-state index in [-0.39, 0.29) is 38.5 Å². The fourth-order valence-electron chi connectivity index (χ4n) is 0.937. The van der Waals surface area contributed by atoms with Crippen molar-refractivity contribution < 1.29 is 31.1 Å². The summed E-state index contributed by atoms with van der Waals surface area (Å²) in [6, 6.07) is 0. The summed E-state index contributed by atoms with van der Waals surface area (Å²) in [7, 11) is 0. The summed E-state index contributed by atoms with van der Waals surface area (Å²) in [6.45, 7) is 0. The van der Waals surface area contributed by atoms with E-state index < -0.39 is 0 Å². The Bertz CT molecular complexity index is 197. The molecule has 0 bridgehead atoms. The van der Waals surface area contributed by atoms with Crippen LogP contribution >= 0.6 is 11.8 Å². The van der Waals surface area contributed by atoms with Gasteiger partial charge in [-0.2, -0.15) is 0 Å². The van der Waals surface area contributed by atoms with Crippen LogP contribution in [-0.4, -0.2) is 31.4 Å². The van der Waals surface area contributed by atoms with Gasteiger partial charge in [-0.25, -0.2) is 0 Å². The Morgan fingerprint density at radius 3 is 2.55 bits per heavy atom. The van der Waals surface area contributed by atoms with Gasteiger partial charge in [0.25, 0.3) is 0 Å². The van der Waals surface area contributed by atoms with Crippen LogP contribution in [0.4, 0.5) is 0 Å². The van der Waals surface area contributed by atoms with Crippen LogP contribution in [0.15, 0.2) is 0 Å². The number of carbonyl (C=O) groups excluding carboxylic acids is 2. The zero-order valence-electron chi connectivity index (χ0n) is 6.33. The zero-order chi connectivity index (χ0) is 8.43. The van der Waals surface area contributed by atoms with Gasteiger partial charge in [-0.3, -0.25) is 0 Å². The Morgan fingerprint density at radius 2 is 2.27 bits per heavy atom. The molecule has 5 heteroatoms. The van der Waals surface area contributed by atoms with Gasteiger partial charge >= 0.3 is 80.6 Å². The fraction of sp³-hybridized carbons (Fsp3) is 0.667. The summed E-state index contributed by atoms with van der Waals surface area (Å²) in [4.78, 5) is 24.3. The van der Waals surface area contributed by atoms with Gasteiger partial charge in [-0.1, -0.05) is 0 Å². The van der Waals surface area contributed by atoms with Crippen molar-refractivity contribution in [3.05, 3.63) is 0 Å². The molecule has 1 atom stereocenters. The van der Waals surface area contributed by atoms with E-state index in [0.717, 1.165) is 0 Å². The number of imide groups is 1. The van der Waals surface area contributed by atoms with Crippen molar-refractivity contribution in [2.45, 2.75) is 11.7 Å². The average molecular weight is 286 g/mol. The standard InChI is InChI=1S/C6H9INO2S/c1-7-8-5(9)3-4(11-2)6(8)10/h4H,3H2,1-2H3/q-1. The van der Waals surface area contributed by atoms with Gasteiger partial charge in [-0.05, 0) is 0 Å². The number of hydrogen-bond acceptors (Lipinski definition) is 3. The Morgan fingerprint density at radius 1 is 1.64 bits per heavy atom. The molecule has 0 aromatic carbocycles. The average Bonchev–Trinajstić information content (AvgIpc) is 2.26. The van der Waals surface area contributed by atoms with Crippen molar-refractivity contribution in [1.29, 1.82) is 0 Å². The van der Waals surface area contributed by atoms with Crippen LogP contribution in [0.2, 0.25) is 0 Å². The topological polar surface area (TPSA) is 37.4 Å². The van der Waals surface area contributed by atoms with Gasteiger partial charge in [0.05, 0.1) is 0 Å². The molecule has 64 valence electrons. The SMILES string of the molecule is CSC1CC(=O)N([I-]C)C1=O. The summed E-state index contributed by atoms with van der Waals surface area (Å²) in [6.07, 6.45) is 2.28. The normalized spacial score (nSPS) is 25.3. The monoisotopic (exact) mass is 286 g/mol. The molecule has 1 rings (SSSR count). The molecule has 1 aliphatic rings. The Labute approximate surface area is 80.5 Å². The van der Waals surface area contributed by atoms with Gasteiger partial charge in [0.15, 0.2) is 0 Å². The number of nitrogens with zero attached hydrogens (tertiary/aromatic N) is 1. The van der Waals surface area contributed by atoms with Gasteiger partial charge in [0.1, 0.15) is 0 Å². The third-order valence-corrected chi connectivity index (χ3v) is 4.42. The molecular formula is C6H9INO2S-. The molecule has 3 nitrogen and oxygen atoms in total. The van der Waals surface area contributed by atoms with Crippen molar-refractivity contribution in [1.82, 2.24) is 3.11 Å². The first-order valence-electron chi connectivity index (χ1n) is 3.10. The number of hydrogen-bond donors (Lipinski definition) is 0. The third kappa shape index (κ3) is 1.69. The molecule has 0 spiro atoms. The fourth-order valence-corrected chi connectivity index (χ4v) is 3.29. The summed E-state index contributed by atoms with van der Waals surface area (Å²) in [5.74, 6) is 0.0439. The Balaban J connectivity index is 2.71. The molecule has 0 aromatic heterocycles. The second kappa shape index (κ2) is 3.75. The maximum absolute atomic E-state index is 11.3. The predicted molar refractivity (Wildman–Crippen MR) is 39.7 cm³/mol. The maximum atomic E-state index is 11.3. The first-order valence-corrected chi connectivity index (χ1v) is 7.51. The van der Waals surface area contributed by atoms with E-state index in [9.17, 15) is 9.59 Å². The van der Waals surface area contributed by atoms with Gasteiger partial charge in [0.2, 0.25) is 0 Å². The number of carbonyl (C=O) groups is 2. The van der Waals surface area contributed by atoms with Crippen LogP contribution in [0, 0.1) is 0 Å². The molecule has 2 amide bonds. The van der Waals surface area contributed by atoms with E-state index in [4.69, 9.17) is 0 Å². The Kier molecular flexibility index (Phi) is 3.17. The van der Waals surface area contributed by atoms with Crippen LogP contribution in [0.25, 0.3) is 0 Å². The van der Waals surface area contributed by atoms with Gasteiger partial charge in [0, 0.05) is 0 Å². The second-order valence-electron chi connectivity index (χ2n) is 2.11. The molecular weight excluding hydrogens is 277 g/mol. The second-order valence-corrected chi connectivity index (χ2v) is 5.08. The van der Waals surface area contributed by atoms with Crippen LogP contribution < -0.4 is 21.5 Å². The molecule has 0 saturated carbocycles. The third-order valence-electron chi connectivity index (χ3n) is 1.50. The molecule has 0 aliphatic carbocycles. The molecule has 0 radical (unpaired) electrons. The van der Waals surface area contributed by atoms with E-state index >= 15 is 0 Å². The van der Waals surface area contributed by atoms with Crippen LogP contribution in [0.5, 0.6) is 0 Å². The van der Waals surface area contributed by atoms with Crippen molar-refractivity contribution >= 4 is 23.6 Å². The minimum atomic E-state index is -0.389.